The number of nitrogens with one attached hydrogen (secondary N) is 2. The molecule has 1 atom stereocenters. The maximum Gasteiger partial charge on any atom is 0.234 e. The highest BCUT2D eigenvalue weighted by atomic mass is 32.2. The molecule has 2 N–H and O–H groups in total. The summed E-state index contributed by atoms with van der Waals surface area (Å²) in [4.78, 5) is 12.6. The molecule has 1 unspecified atom stereocenters. The van der Waals surface area contributed by atoms with Crippen molar-refractivity contribution in [2.75, 3.05) is 17.6 Å². The Balaban J connectivity index is 1.73. The van der Waals surface area contributed by atoms with Gasteiger partial charge in [0.1, 0.15) is 0 Å². The Morgan fingerprint density at radius 3 is 3.11 bits per heavy atom. The molecular formula is C14H18N2OS. The molecule has 0 aliphatic carbocycles. The molecule has 3 nitrogen and oxygen atoms in total. The highest BCUT2D eigenvalue weighted by molar-refractivity contribution is 8.00. The van der Waals surface area contributed by atoms with Gasteiger partial charge in [-0.15, -0.1) is 11.8 Å². The van der Waals surface area contributed by atoms with Crippen LogP contribution in [0.1, 0.15) is 24.8 Å². The van der Waals surface area contributed by atoms with Gasteiger partial charge in [0.05, 0.1) is 11.4 Å². The zero-order chi connectivity index (χ0) is 12.4. The van der Waals surface area contributed by atoms with Crippen LogP contribution in [0.3, 0.4) is 0 Å². The summed E-state index contributed by atoms with van der Waals surface area (Å²) in [6, 6.07) is 7.07. The molecule has 18 heavy (non-hydrogen) atoms. The number of amides is 1. The number of hydrogen-bond acceptors (Lipinski definition) is 3. The molecule has 1 aromatic rings. The Labute approximate surface area is 112 Å². The van der Waals surface area contributed by atoms with Crippen LogP contribution in [-0.2, 0) is 11.2 Å². The highest BCUT2D eigenvalue weighted by Crippen LogP contribution is 2.32. The van der Waals surface area contributed by atoms with E-state index in [0.29, 0.717) is 11.8 Å². The molecule has 2 aliphatic heterocycles. The van der Waals surface area contributed by atoms with E-state index in [9.17, 15) is 4.79 Å². The van der Waals surface area contributed by atoms with E-state index < -0.39 is 0 Å². The van der Waals surface area contributed by atoms with Crippen molar-refractivity contribution in [3.63, 3.8) is 0 Å². The third-order valence-corrected chi connectivity index (χ3v) is 4.64. The normalized spacial score (nSPS) is 23.3. The van der Waals surface area contributed by atoms with Gasteiger partial charge in [0.2, 0.25) is 5.91 Å². The van der Waals surface area contributed by atoms with Crippen LogP contribution in [0.2, 0.25) is 0 Å². The van der Waals surface area contributed by atoms with Gasteiger partial charge in [-0.05, 0) is 43.5 Å². The molecule has 96 valence electrons. The summed E-state index contributed by atoms with van der Waals surface area (Å²) in [5.41, 5.74) is 2.31. The van der Waals surface area contributed by atoms with E-state index in [2.05, 4.69) is 28.8 Å². The lowest BCUT2D eigenvalue weighted by molar-refractivity contribution is -0.113. The summed E-state index contributed by atoms with van der Waals surface area (Å²) in [6.45, 7) is 1.14. The van der Waals surface area contributed by atoms with Crippen molar-refractivity contribution in [1.29, 1.82) is 0 Å². The number of piperidine rings is 1. The molecule has 1 fully saturated rings. The minimum atomic E-state index is 0.112. The molecule has 0 bridgehead atoms. The van der Waals surface area contributed by atoms with Crippen molar-refractivity contribution >= 4 is 23.4 Å². The molecular weight excluding hydrogens is 244 g/mol. The number of rotatable bonds is 2. The fourth-order valence-corrected chi connectivity index (χ4v) is 3.43. The minimum Gasteiger partial charge on any atom is -0.324 e. The van der Waals surface area contributed by atoms with Crippen LogP contribution in [0.15, 0.2) is 23.1 Å². The molecule has 1 amide bonds. The molecule has 3 rings (SSSR count). The molecule has 0 saturated carbocycles. The maximum atomic E-state index is 11.4. The standard InChI is InChI=1S/C14H18N2OS/c17-14-9-18-13-5-4-10(8-12(13)16-14)7-11-3-1-2-6-15-11/h4-5,8,11,15H,1-3,6-7,9H2,(H,16,17). The van der Waals surface area contributed by atoms with E-state index in [0.717, 1.165) is 18.7 Å². The summed E-state index contributed by atoms with van der Waals surface area (Å²) >= 11 is 1.62. The Hall–Kier alpha value is -1.00. The Kier molecular flexibility index (Phi) is 3.57. The smallest absolute Gasteiger partial charge is 0.234 e. The van der Waals surface area contributed by atoms with Gasteiger partial charge in [-0.3, -0.25) is 4.79 Å². The van der Waals surface area contributed by atoms with Crippen LogP contribution in [0, 0.1) is 0 Å². The largest absolute Gasteiger partial charge is 0.324 e. The lowest BCUT2D eigenvalue weighted by atomic mass is 9.97. The van der Waals surface area contributed by atoms with Crippen LogP contribution >= 0.6 is 11.8 Å². The van der Waals surface area contributed by atoms with Crippen LogP contribution < -0.4 is 10.6 Å². The van der Waals surface area contributed by atoms with E-state index in [1.54, 1.807) is 11.8 Å². The van der Waals surface area contributed by atoms with Crippen molar-refractivity contribution in [3.05, 3.63) is 23.8 Å². The lowest BCUT2D eigenvalue weighted by Crippen LogP contribution is -2.35. The fourth-order valence-electron chi connectivity index (χ4n) is 2.64. The molecule has 2 aliphatic rings. The maximum absolute atomic E-state index is 11.4. The lowest BCUT2D eigenvalue weighted by Gasteiger charge is -2.24. The average molecular weight is 262 g/mol. The van der Waals surface area contributed by atoms with Gasteiger partial charge in [0.25, 0.3) is 0 Å². The number of carbonyl (C=O) groups excluding carboxylic acids is 1. The molecule has 0 radical (unpaired) electrons. The summed E-state index contributed by atoms with van der Waals surface area (Å²) in [5.74, 6) is 0.650. The van der Waals surface area contributed by atoms with Gasteiger partial charge < -0.3 is 10.6 Å². The first-order valence-electron chi connectivity index (χ1n) is 6.60. The summed E-state index contributed by atoms with van der Waals surface area (Å²) < 4.78 is 0. The SMILES string of the molecule is O=C1CSc2ccc(CC3CCCCN3)cc2N1. The first-order valence-corrected chi connectivity index (χ1v) is 7.59. The van der Waals surface area contributed by atoms with Gasteiger partial charge in [-0.2, -0.15) is 0 Å². The Morgan fingerprint density at radius 1 is 1.33 bits per heavy atom. The monoisotopic (exact) mass is 262 g/mol. The van der Waals surface area contributed by atoms with Crippen molar-refractivity contribution in [2.45, 2.75) is 36.6 Å². The van der Waals surface area contributed by atoms with Gasteiger partial charge in [-0.25, -0.2) is 0 Å². The molecule has 2 heterocycles. The van der Waals surface area contributed by atoms with Gasteiger partial charge in [0.15, 0.2) is 0 Å². The van der Waals surface area contributed by atoms with E-state index in [1.165, 1.54) is 29.7 Å². The van der Waals surface area contributed by atoms with Crippen LogP contribution in [0.5, 0.6) is 0 Å². The molecule has 4 heteroatoms. The van der Waals surface area contributed by atoms with Gasteiger partial charge in [0, 0.05) is 10.9 Å². The van der Waals surface area contributed by atoms with Gasteiger partial charge >= 0.3 is 0 Å². The van der Waals surface area contributed by atoms with Crippen molar-refractivity contribution < 1.29 is 4.79 Å². The van der Waals surface area contributed by atoms with Crippen molar-refractivity contribution in [1.82, 2.24) is 5.32 Å². The molecule has 1 saturated heterocycles. The summed E-state index contributed by atoms with van der Waals surface area (Å²) in [6.07, 6.45) is 4.95. The average Bonchev–Trinajstić information content (AvgIpc) is 2.39. The number of thioether (sulfide) groups is 1. The number of anilines is 1. The number of carbonyl (C=O) groups is 1. The van der Waals surface area contributed by atoms with Crippen LogP contribution in [0.25, 0.3) is 0 Å². The topological polar surface area (TPSA) is 41.1 Å². The van der Waals surface area contributed by atoms with E-state index in [-0.39, 0.29) is 5.91 Å². The highest BCUT2D eigenvalue weighted by Gasteiger charge is 2.17. The minimum absolute atomic E-state index is 0.112. The second-order valence-corrected chi connectivity index (χ2v) is 6.04. The predicted molar refractivity (Wildman–Crippen MR) is 75.1 cm³/mol. The predicted octanol–water partition coefficient (Wildman–Crippen LogP) is 2.42. The number of fused-ring (bicyclic) bond motifs is 1. The van der Waals surface area contributed by atoms with Crippen molar-refractivity contribution in [2.24, 2.45) is 0 Å². The number of hydrogen-bond donors (Lipinski definition) is 2. The van der Waals surface area contributed by atoms with E-state index in [1.807, 2.05) is 0 Å². The van der Waals surface area contributed by atoms with E-state index >= 15 is 0 Å². The zero-order valence-electron chi connectivity index (χ0n) is 10.4. The van der Waals surface area contributed by atoms with Crippen LogP contribution in [0.4, 0.5) is 5.69 Å². The summed E-state index contributed by atoms with van der Waals surface area (Å²) in [7, 11) is 0. The fraction of sp³-hybridized carbons (Fsp3) is 0.500. The third kappa shape index (κ3) is 2.70. The summed E-state index contributed by atoms with van der Waals surface area (Å²) in [5, 5.41) is 6.52. The molecule has 1 aromatic carbocycles. The van der Waals surface area contributed by atoms with Gasteiger partial charge in [-0.1, -0.05) is 12.5 Å². The molecule has 0 spiro atoms. The first kappa shape index (κ1) is 12.1. The quantitative estimate of drug-likeness (QED) is 0.860. The zero-order valence-corrected chi connectivity index (χ0v) is 11.2. The third-order valence-electron chi connectivity index (χ3n) is 3.57. The number of benzene rings is 1. The van der Waals surface area contributed by atoms with Crippen molar-refractivity contribution in [3.8, 4) is 0 Å². The van der Waals surface area contributed by atoms with E-state index in [4.69, 9.17) is 0 Å². The Morgan fingerprint density at radius 2 is 2.28 bits per heavy atom. The Bertz CT molecular complexity index is 455. The second-order valence-electron chi connectivity index (χ2n) is 5.02. The van der Waals surface area contributed by atoms with Crippen LogP contribution in [-0.4, -0.2) is 24.2 Å². The molecule has 0 aromatic heterocycles. The first-order chi connectivity index (χ1) is 8.81. The second kappa shape index (κ2) is 5.33.